The van der Waals surface area contributed by atoms with Gasteiger partial charge in [0.05, 0.1) is 0 Å². The van der Waals surface area contributed by atoms with Crippen LogP contribution in [0.15, 0.2) is 29.4 Å². The van der Waals surface area contributed by atoms with Crippen LogP contribution in [-0.2, 0) is 37.5 Å². The molecule has 1 aromatic carbocycles. The number of rotatable bonds is 2. The van der Waals surface area contributed by atoms with Crippen molar-refractivity contribution in [3.63, 3.8) is 0 Å². The van der Waals surface area contributed by atoms with E-state index in [1.807, 2.05) is 39.8 Å². The van der Waals surface area contributed by atoms with Crippen LogP contribution in [0, 0.1) is 26.0 Å². The summed E-state index contributed by atoms with van der Waals surface area (Å²) in [5.41, 5.74) is 6.93. The summed E-state index contributed by atoms with van der Waals surface area (Å²) in [4.78, 5) is 12.1. The molecule has 0 fully saturated rings. The van der Waals surface area contributed by atoms with Crippen molar-refractivity contribution in [2.24, 2.45) is 0 Å². The minimum absolute atomic E-state index is 0. The monoisotopic (exact) mass is 354 g/mol. The molecule has 107 valence electrons. The van der Waals surface area contributed by atoms with Gasteiger partial charge in [-0.2, -0.15) is 6.08 Å². The Morgan fingerprint density at radius 2 is 1.86 bits per heavy atom. The Labute approximate surface area is 152 Å². The third-order valence-corrected chi connectivity index (χ3v) is 3.87. The second-order valence-electron chi connectivity index (χ2n) is 5.09. The van der Waals surface area contributed by atoms with Crippen molar-refractivity contribution >= 4 is 17.2 Å². The van der Waals surface area contributed by atoms with Gasteiger partial charge in [0.15, 0.2) is 0 Å². The average Bonchev–Trinajstić information content (AvgIpc) is 2.76. The van der Waals surface area contributed by atoms with Crippen molar-refractivity contribution < 1.29 is 37.5 Å². The maximum atomic E-state index is 12.1. The van der Waals surface area contributed by atoms with Gasteiger partial charge in [0.2, 0.25) is 5.91 Å². The number of aryl methyl sites for hydroxylation is 1. The molecule has 1 amide bonds. The summed E-state index contributed by atoms with van der Waals surface area (Å²) in [6, 6.07) is 3.99. The van der Waals surface area contributed by atoms with Crippen LogP contribution in [0.25, 0.3) is 5.57 Å². The zero-order valence-electron chi connectivity index (χ0n) is 13.2. The van der Waals surface area contributed by atoms with Crippen LogP contribution in [0.2, 0.25) is 0 Å². The summed E-state index contributed by atoms with van der Waals surface area (Å²) in [5, 5.41) is 2.90. The van der Waals surface area contributed by atoms with E-state index < -0.39 is 0 Å². The van der Waals surface area contributed by atoms with Crippen molar-refractivity contribution in [1.82, 2.24) is 0 Å². The van der Waals surface area contributed by atoms with Crippen LogP contribution >= 0.6 is 0 Å². The van der Waals surface area contributed by atoms with Gasteiger partial charge >= 0.3 is 0 Å². The molecule has 1 aliphatic rings. The second-order valence-corrected chi connectivity index (χ2v) is 5.09. The summed E-state index contributed by atoms with van der Waals surface area (Å²) in [6.07, 6.45) is 8.05. The molecule has 21 heavy (non-hydrogen) atoms. The van der Waals surface area contributed by atoms with Gasteiger partial charge in [-0.05, 0) is 31.0 Å². The molecule has 0 bridgehead atoms. The molecular formula is C18H19NOY-2. The number of carbonyl (C=O) groups is 1. The van der Waals surface area contributed by atoms with Gasteiger partial charge in [-0.1, -0.05) is 17.2 Å². The first-order valence-corrected chi connectivity index (χ1v) is 6.69. The average molecular weight is 354 g/mol. The third kappa shape index (κ3) is 3.62. The number of hydrogen-bond donors (Lipinski definition) is 1. The van der Waals surface area contributed by atoms with E-state index in [1.165, 1.54) is 5.56 Å². The molecule has 2 nitrogen and oxygen atoms in total. The van der Waals surface area contributed by atoms with Gasteiger partial charge in [0.25, 0.3) is 0 Å². The van der Waals surface area contributed by atoms with Gasteiger partial charge in [0.1, 0.15) is 0 Å². The maximum absolute atomic E-state index is 12.1. The minimum Gasteiger partial charge on any atom is -0.343 e. The number of hydrogen-bond acceptors (Lipinski definition) is 1. The van der Waals surface area contributed by atoms with Crippen LogP contribution in [0.1, 0.15) is 37.5 Å². The predicted octanol–water partition coefficient (Wildman–Crippen LogP) is 4.16. The Morgan fingerprint density at radius 1 is 1.19 bits per heavy atom. The Hall–Kier alpha value is -0.986. The molecule has 0 aromatic heterocycles. The van der Waals surface area contributed by atoms with Crippen LogP contribution in [0.5, 0.6) is 0 Å². The molecule has 1 N–H and O–H groups in total. The molecule has 0 spiro atoms. The Balaban J connectivity index is 0.00000220. The zero-order valence-corrected chi connectivity index (χ0v) is 16.1. The van der Waals surface area contributed by atoms with E-state index in [4.69, 9.17) is 0 Å². The van der Waals surface area contributed by atoms with E-state index in [0.29, 0.717) is 5.57 Å². The quantitative estimate of drug-likeness (QED) is 0.482. The molecule has 0 aliphatic carbocycles. The first-order valence-electron chi connectivity index (χ1n) is 6.69. The Morgan fingerprint density at radius 3 is 2.48 bits per heavy atom. The van der Waals surface area contributed by atoms with Gasteiger partial charge in [-0.15, -0.1) is 20.8 Å². The van der Waals surface area contributed by atoms with Gasteiger partial charge in [0, 0.05) is 38.4 Å². The molecule has 1 heterocycles. The summed E-state index contributed by atoms with van der Waals surface area (Å²) >= 11 is 0. The van der Waals surface area contributed by atoms with E-state index >= 15 is 0 Å². The summed E-state index contributed by atoms with van der Waals surface area (Å²) in [7, 11) is 0. The van der Waals surface area contributed by atoms with Crippen molar-refractivity contribution in [1.29, 1.82) is 0 Å². The zero-order chi connectivity index (χ0) is 14.9. The molecule has 0 unspecified atom stereocenters. The molecule has 0 atom stereocenters. The molecule has 1 radical (unpaired) electrons. The number of allylic oxidation sites excluding steroid dienone is 5. The number of benzene rings is 1. The standard InChI is InChI=1S/C18H19NO.Y/c1-6-11(2)12(3)7-9-15-17-14(5)13(4)8-10-16(17)19-18(15)20;/h8-10H,1-5H3,(H,19,20);/q-2;/b15-9-;. The van der Waals surface area contributed by atoms with Crippen LogP contribution in [0.4, 0.5) is 5.69 Å². The topological polar surface area (TPSA) is 29.1 Å². The Bertz CT molecular complexity index is 666. The second kappa shape index (κ2) is 7.33. The third-order valence-electron chi connectivity index (χ3n) is 3.87. The molecule has 1 aromatic rings. The first-order chi connectivity index (χ1) is 9.45. The normalized spacial score (nSPS) is 16.6. The van der Waals surface area contributed by atoms with E-state index in [0.717, 1.165) is 28.0 Å². The molecule has 3 heteroatoms. The molecule has 0 saturated carbocycles. The number of carbonyl (C=O) groups excluding carboxylic acids is 1. The van der Waals surface area contributed by atoms with E-state index in [2.05, 4.69) is 24.4 Å². The van der Waals surface area contributed by atoms with Crippen molar-refractivity contribution in [3.8, 4) is 0 Å². The fourth-order valence-electron chi connectivity index (χ4n) is 2.18. The maximum Gasteiger partial charge on any atom is 0.201 e. The summed E-state index contributed by atoms with van der Waals surface area (Å²) in [6.45, 7) is 9.93. The van der Waals surface area contributed by atoms with Gasteiger partial charge in [-0.25, -0.2) is 0 Å². The fourth-order valence-corrected chi connectivity index (χ4v) is 2.18. The van der Waals surface area contributed by atoms with E-state index in [1.54, 1.807) is 6.08 Å². The summed E-state index contributed by atoms with van der Waals surface area (Å²) < 4.78 is 0. The molecule has 2 rings (SSSR count). The van der Waals surface area contributed by atoms with Gasteiger partial charge in [-0.3, -0.25) is 10.9 Å². The van der Waals surface area contributed by atoms with E-state index in [-0.39, 0.29) is 38.6 Å². The van der Waals surface area contributed by atoms with Crippen LogP contribution < -0.4 is 5.32 Å². The van der Waals surface area contributed by atoms with Gasteiger partial charge < -0.3 is 22.5 Å². The Kier molecular flexibility index (Phi) is 6.30. The minimum atomic E-state index is -0.0592. The molecule has 0 saturated heterocycles. The number of anilines is 1. The molecular weight excluding hydrogens is 335 g/mol. The van der Waals surface area contributed by atoms with Crippen molar-refractivity contribution in [2.75, 3.05) is 5.32 Å². The molecule has 1 aliphatic heterocycles. The smallest absolute Gasteiger partial charge is 0.201 e. The van der Waals surface area contributed by atoms with E-state index in [9.17, 15) is 4.79 Å². The SMILES string of the molecule is C[C-]=C(C)C(C)=[C-]/C=C1\C(=O)Nc2ccc(C)c(C)c21.[Y]. The van der Waals surface area contributed by atoms with Crippen LogP contribution in [0.3, 0.4) is 0 Å². The predicted molar refractivity (Wildman–Crippen MR) is 83.1 cm³/mol. The van der Waals surface area contributed by atoms with Crippen molar-refractivity contribution in [2.45, 2.75) is 34.6 Å². The van der Waals surface area contributed by atoms with Crippen LogP contribution in [-0.4, -0.2) is 5.91 Å². The van der Waals surface area contributed by atoms with Crippen molar-refractivity contribution in [3.05, 3.63) is 58.2 Å². The number of fused-ring (bicyclic) bond motifs is 1. The summed E-state index contributed by atoms with van der Waals surface area (Å²) in [5.74, 6) is -0.0592. The number of nitrogens with one attached hydrogen (secondary N) is 1. The fraction of sp³-hybridized carbons (Fsp3) is 0.278. The largest absolute Gasteiger partial charge is 0.343 e. The number of amides is 1. The first kappa shape index (κ1) is 18.1.